The number of nitrogens with zero attached hydrogens (tertiary/aromatic N) is 2. The number of hydrogen-bond acceptors (Lipinski definition) is 6. The molecule has 1 heterocycles. The monoisotopic (exact) mass is 390 g/mol. The number of rotatable bonds is 11. The Labute approximate surface area is 164 Å². The Morgan fingerprint density at radius 3 is 2.63 bits per heavy atom. The molecule has 0 N–H and O–H groups in total. The first-order valence-corrected chi connectivity index (χ1v) is 10.1. The van der Waals surface area contributed by atoms with Crippen LogP contribution >= 0.6 is 11.3 Å². The minimum absolute atomic E-state index is 0.212. The summed E-state index contributed by atoms with van der Waals surface area (Å²) < 4.78 is 16.0. The summed E-state index contributed by atoms with van der Waals surface area (Å²) in [5.41, 5.74) is 0.916. The quantitative estimate of drug-likeness (QED) is 0.550. The Kier molecular flexibility index (Phi) is 7.06. The van der Waals surface area contributed by atoms with Gasteiger partial charge in [-0.05, 0) is 43.5 Å². The van der Waals surface area contributed by atoms with Crippen molar-refractivity contribution in [2.75, 3.05) is 27.4 Å². The van der Waals surface area contributed by atoms with Crippen LogP contribution in [0.3, 0.4) is 0 Å². The zero-order valence-electron chi connectivity index (χ0n) is 15.8. The van der Waals surface area contributed by atoms with E-state index in [1.165, 1.54) is 0 Å². The van der Waals surface area contributed by atoms with Gasteiger partial charge in [-0.25, -0.2) is 4.98 Å². The number of amides is 1. The number of aromatic nitrogens is 1. The van der Waals surface area contributed by atoms with E-state index >= 15 is 0 Å². The second kappa shape index (κ2) is 9.71. The van der Waals surface area contributed by atoms with Crippen molar-refractivity contribution in [3.63, 3.8) is 0 Å². The van der Waals surface area contributed by atoms with Gasteiger partial charge in [0.1, 0.15) is 23.1 Å². The standard InChI is InChI=1S/C20H26N2O4S/c1-24-11-3-10-22(20(23)15-4-5-15)12-16-14-27-19(21-16)13-26-18-8-6-17(25-2)7-9-18/h6-9,14-15H,3-5,10-13H2,1-2H3. The molecule has 6 nitrogen and oxygen atoms in total. The summed E-state index contributed by atoms with van der Waals surface area (Å²) in [7, 11) is 3.32. The van der Waals surface area contributed by atoms with Crippen molar-refractivity contribution in [2.24, 2.45) is 5.92 Å². The molecule has 1 saturated carbocycles. The molecule has 0 saturated heterocycles. The smallest absolute Gasteiger partial charge is 0.226 e. The van der Waals surface area contributed by atoms with Crippen LogP contribution < -0.4 is 9.47 Å². The SMILES string of the molecule is COCCCN(Cc1csc(COc2ccc(OC)cc2)n1)C(=O)C1CC1. The summed E-state index contributed by atoms with van der Waals surface area (Å²) in [5, 5.41) is 2.91. The van der Waals surface area contributed by atoms with E-state index in [0.717, 1.165) is 41.5 Å². The van der Waals surface area contributed by atoms with E-state index in [2.05, 4.69) is 4.98 Å². The number of benzene rings is 1. The fraction of sp³-hybridized carbons (Fsp3) is 0.500. The number of hydrogen-bond donors (Lipinski definition) is 0. The number of ether oxygens (including phenoxy) is 3. The predicted molar refractivity (Wildman–Crippen MR) is 104 cm³/mol. The summed E-state index contributed by atoms with van der Waals surface area (Å²) in [6, 6.07) is 7.48. The zero-order valence-corrected chi connectivity index (χ0v) is 16.7. The highest BCUT2D eigenvalue weighted by atomic mass is 32.1. The van der Waals surface area contributed by atoms with Crippen molar-refractivity contribution < 1.29 is 19.0 Å². The third-order valence-corrected chi connectivity index (χ3v) is 5.26. The number of carbonyl (C=O) groups excluding carboxylic acids is 1. The van der Waals surface area contributed by atoms with Gasteiger partial charge in [0.2, 0.25) is 5.91 Å². The molecule has 1 aliphatic carbocycles. The largest absolute Gasteiger partial charge is 0.497 e. The highest BCUT2D eigenvalue weighted by Crippen LogP contribution is 2.31. The minimum atomic E-state index is 0.212. The van der Waals surface area contributed by atoms with E-state index in [-0.39, 0.29) is 11.8 Å². The second-order valence-corrected chi connectivity index (χ2v) is 7.52. The molecular weight excluding hydrogens is 364 g/mol. The molecule has 0 bridgehead atoms. The highest BCUT2D eigenvalue weighted by molar-refractivity contribution is 7.09. The average Bonchev–Trinajstić information content (AvgIpc) is 3.45. The lowest BCUT2D eigenvalue weighted by atomic mass is 10.3. The van der Waals surface area contributed by atoms with Crippen LogP contribution in [0.25, 0.3) is 0 Å². The molecule has 2 aromatic rings. The first kappa shape index (κ1) is 19.6. The Bertz CT molecular complexity index is 728. The van der Waals surface area contributed by atoms with Crippen molar-refractivity contribution in [3.05, 3.63) is 40.3 Å². The van der Waals surface area contributed by atoms with E-state index in [1.54, 1.807) is 25.6 Å². The number of carbonyl (C=O) groups is 1. The summed E-state index contributed by atoms with van der Waals surface area (Å²) >= 11 is 1.56. The van der Waals surface area contributed by atoms with E-state index in [1.807, 2.05) is 34.5 Å². The summed E-state index contributed by atoms with van der Waals surface area (Å²) in [6.07, 6.45) is 2.86. The van der Waals surface area contributed by atoms with E-state index in [4.69, 9.17) is 14.2 Å². The van der Waals surface area contributed by atoms with E-state index < -0.39 is 0 Å². The molecule has 0 atom stereocenters. The molecule has 0 unspecified atom stereocenters. The fourth-order valence-electron chi connectivity index (χ4n) is 2.76. The maximum Gasteiger partial charge on any atom is 0.226 e. The fourth-order valence-corrected chi connectivity index (χ4v) is 3.45. The van der Waals surface area contributed by atoms with Crippen LogP contribution in [0, 0.1) is 5.92 Å². The number of methoxy groups -OCH3 is 2. The minimum Gasteiger partial charge on any atom is -0.497 e. The van der Waals surface area contributed by atoms with Gasteiger partial charge in [-0.3, -0.25) is 4.79 Å². The maximum absolute atomic E-state index is 12.5. The van der Waals surface area contributed by atoms with Gasteiger partial charge in [-0.1, -0.05) is 0 Å². The van der Waals surface area contributed by atoms with E-state index in [0.29, 0.717) is 26.3 Å². The van der Waals surface area contributed by atoms with Crippen molar-refractivity contribution in [1.82, 2.24) is 9.88 Å². The van der Waals surface area contributed by atoms with Crippen molar-refractivity contribution in [3.8, 4) is 11.5 Å². The molecule has 146 valence electrons. The van der Waals surface area contributed by atoms with Gasteiger partial charge in [-0.15, -0.1) is 11.3 Å². The molecular formula is C20H26N2O4S. The molecule has 0 spiro atoms. The first-order chi connectivity index (χ1) is 13.2. The molecule has 7 heteroatoms. The molecule has 1 amide bonds. The average molecular weight is 391 g/mol. The van der Waals surface area contributed by atoms with Crippen molar-refractivity contribution in [1.29, 1.82) is 0 Å². The van der Waals surface area contributed by atoms with Crippen molar-refractivity contribution >= 4 is 17.2 Å². The van der Waals surface area contributed by atoms with Gasteiger partial charge in [0.05, 0.1) is 19.3 Å². The maximum atomic E-state index is 12.5. The lowest BCUT2D eigenvalue weighted by molar-refractivity contribution is -0.133. The normalized spacial score (nSPS) is 13.4. The van der Waals surface area contributed by atoms with Gasteiger partial charge < -0.3 is 19.1 Å². The molecule has 0 aliphatic heterocycles. The summed E-state index contributed by atoms with van der Waals surface area (Å²) in [5.74, 6) is 2.03. The highest BCUT2D eigenvalue weighted by Gasteiger charge is 2.33. The van der Waals surface area contributed by atoms with Crippen molar-refractivity contribution in [2.45, 2.75) is 32.4 Å². The van der Waals surface area contributed by atoms with Crippen LogP contribution in [0.1, 0.15) is 30.0 Å². The van der Waals surface area contributed by atoms with Gasteiger partial charge in [0.25, 0.3) is 0 Å². The van der Waals surface area contributed by atoms with Crippen LogP contribution in [-0.4, -0.2) is 43.2 Å². The van der Waals surface area contributed by atoms with Crippen LogP contribution in [0.4, 0.5) is 0 Å². The second-order valence-electron chi connectivity index (χ2n) is 6.58. The molecule has 1 aromatic heterocycles. The van der Waals surface area contributed by atoms with Gasteiger partial charge in [0.15, 0.2) is 0 Å². The zero-order chi connectivity index (χ0) is 19.1. The van der Waals surface area contributed by atoms with E-state index in [9.17, 15) is 4.79 Å². The van der Waals surface area contributed by atoms with Gasteiger partial charge in [0, 0.05) is 31.6 Å². The van der Waals surface area contributed by atoms with Crippen LogP contribution in [0.2, 0.25) is 0 Å². The molecule has 1 aliphatic rings. The molecule has 1 fully saturated rings. The molecule has 1 aromatic carbocycles. The molecule has 27 heavy (non-hydrogen) atoms. The van der Waals surface area contributed by atoms with Gasteiger partial charge >= 0.3 is 0 Å². The van der Waals surface area contributed by atoms with Gasteiger partial charge in [-0.2, -0.15) is 0 Å². The Morgan fingerprint density at radius 1 is 1.22 bits per heavy atom. The summed E-state index contributed by atoms with van der Waals surface area (Å²) in [4.78, 5) is 19.0. The lowest BCUT2D eigenvalue weighted by Crippen LogP contribution is -2.33. The third-order valence-electron chi connectivity index (χ3n) is 4.39. The van der Waals surface area contributed by atoms with Crippen LogP contribution in [-0.2, 0) is 22.7 Å². The lowest BCUT2D eigenvalue weighted by Gasteiger charge is -2.21. The Balaban J connectivity index is 1.53. The summed E-state index contributed by atoms with van der Waals surface area (Å²) in [6.45, 7) is 2.33. The Morgan fingerprint density at radius 2 is 1.96 bits per heavy atom. The predicted octanol–water partition coefficient (Wildman–Crippen LogP) is 3.51. The molecule has 3 rings (SSSR count). The molecule has 0 radical (unpaired) electrons. The first-order valence-electron chi connectivity index (χ1n) is 9.17. The third kappa shape index (κ3) is 5.94. The topological polar surface area (TPSA) is 60.9 Å². The Hall–Kier alpha value is -2.12. The number of thiazole rings is 1. The van der Waals surface area contributed by atoms with Crippen LogP contribution in [0.5, 0.6) is 11.5 Å². The van der Waals surface area contributed by atoms with Crippen LogP contribution in [0.15, 0.2) is 29.6 Å².